The smallest absolute Gasteiger partial charge is 0.306 e. The number of benzene rings is 1. The molecule has 0 aliphatic carbocycles. The lowest BCUT2D eigenvalue weighted by atomic mass is 9.98. The van der Waals surface area contributed by atoms with Crippen molar-refractivity contribution >= 4 is 17.6 Å². The molecule has 0 fully saturated rings. The monoisotopic (exact) mass is 230 g/mol. The quantitative estimate of drug-likeness (QED) is 0.746. The molecule has 0 amide bonds. The fraction of sp³-hybridized carbons (Fsp3) is 0.364. The van der Waals surface area contributed by atoms with Gasteiger partial charge in [-0.1, -0.05) is 18.5 Å². The molecule has 4 heteroatoms. The summed E-state index contributed by atoms with van der Waals surface area (Å²) >= 11 is 5.71. The van der Waals surface area contributed by atoms with Gasteiger partial charge in [0.2, 0.25) is 0 Å². The standard InChI is InChI=1S/C11H12ClFO2/c1-7(3-11(14)15-2)8-4-9(12)6-10(13)5-8/h4-7H,3H2,1-2H3. The number of ether oxygens (including phenoxy) is 1. The van der Waals surface area contributed by atoms with Gasteiger partial charge in [-0.15, -0.1) is 0 Å². The van der Waals surface area contributed by atoms with Gasteiger partial charge in [-0.05, 0) is 29.7 Å². The van der Waals surface area contributed by atoms with Crippen molar-refractivity contribution in [1.82, 2.24) is 0 Å². The van der Waals surface area contributed by atoms with Crippen LogP contribution in [-0.2, 0) is 9.53 Å². The van der Waals surface area contributed by atoms with E-state index >= 15 is 0 Å². The molecule has 0 aliphatic rings. The predicted molar refractivity (Wildman–Crippen MR) is 56.5 cm³/mol. The fourth-order valence-corrected chi connectivity index (χ4v) is 1.54. The number of methoxy groups -OCH3 is 1. The van der Waals surface area contributed by atoms with Crippen molar-refractivity contribution in [3.8, 4) is 0 Å². The molecule has 0 bridgehead atoms. The van der Waals surface area contributed by atoms with Crippen molar-refractivity contribution in [2.24, 2.45) is 0 Å². The van der Waals surface area contributed by atoms with E-state index in [1.54, 1.807) is 6.07 Å². The van der Waals surface area contributed by atoms with Crippen molar-refractivity contribution in [2.45, 2.75) is 19.3 Å². The highest BCUT2D eigenvalue weighted by molar-refractivity contribution is 6.30. The zero-order chi connectivity index (χ0) is 11.4. The van der Waals surface area contributed by atoms with Gasteiger partial charge in [0.1, 0.15) is 5.82 Å². The van der Waals surface area contributed by atoms with Gasteiger partial charge in [0.25, 0.3) is 0 Å². The SMILES string of the molecule is COC(=O)CC(C)c1cc(F)cc(Cl)c1. The highest BCUT2D eigenvalue weighted by Gasteiger charge is 2.12. The van der Waals surface area contributed by atoms with Crippen LogP contribution in [0.1, 0.15) is 24.8 Å². The molecule has 15 heavy (non-hydrogen) atoms. The third-order valence-electron chi connectivity index (χ3n) is 2.15. The molecule has 0 radical (unpaired) electrons. The summed E-state index contributed by atoms with van der Waals surface area (Å²) in [6.45, 7) is 1.82. The van der Waals surface area contributed by atoms with Crippen molar-refractivity contribution in [1.29, 1.82) is 0 Å². The number of hydrogen-bond acceptors (Lipinski definition) is 2. The maximum atomic E-state index is 13.0. The van der Waals surface area contributed by atoms with Gasteiger partial charge in [0.05, 0.1) is 13.5 Å². The minimum Gasteiger partial charge on any atom is -0.469 e. The first kappa shape index (κ1) is 12.0. The Morgan fingerprint density at radius 1 is 1.53 bits per heavy atom. The minimum atomic E-state index is -0.394. The molecule has 0 aliphatic heterocycles. The maximum absolute atomic E-state index is 13.0. The predicted octanol–water partition coefficient (Wildman–Crippen LogP) is 3.15. The lowest BCUT2D eigenvalue weighted by Gasteiger charge is -2.10. The highest BCUT2D eigenvalue weighted by atomic mass is 35.5. The second-order valence-corrected chi connectivity index (χ2v) is 3.82. The molecule has 82 valence electrons. The largest absolute Gasteiger partial charge is 0.469 e. The third-order valence-corrected chi connectivity index (χ3v) is 2.37. The second-order valence-electron chi connectivity index (χ2n) is 3.38. The Labute approximate surface area is 93.0 Å². The van der Waals surface area contributed by atoms with Gasteiger partial charge < -0.3 is 4.74 Å². The zero-order valence-corrected chi connectivity index (χ0v) is 9.34. The Morgan fingerprint density at radius 2 is 2.20 bits per heavy atom. The molecule has 0 N–H and O–H groups in total. The Kier molecular flexibility index (Phi) is 4.09. The topological polar surface area (TPSA) is 26.3 Å². The van der Waals surface area contributed by atoms with Gasteiger partial charge in [-0.3, -0.25) is 4.79 Å². The van der Waals surface area contributed by atoms with Crippen molar-refractivity contribution in [3.05, 3.63) is 34.6 Å². The summed E-state index contributed by atoms with van der Waals surface area (Å²) < 4.78 is 17.5. The summed E-state index contributed by atoms with van der Waals surface area (Å²) in [6.07, 6.45) is 0.219. The van der Waals surface area contributed by atoms with E-state index in [2.05, 4.69) is 4.74 Å². The maximum Gasteiger partial charge on any atom is 0.306 e. The molecule has 1 aromatic carbocycles. The van der Waals surface area contributed by atoms with Crippen LogP contribution in [0.2, 0.25) is 5.02 Å². The molecule has 0 saturated carbocycles. The first-order valence-corrected chi connectivity index (χ1v) is 4.93. The molecule has 0 heterocycles. The van der Waals surface area contributed by atoms with Gasteiger partial charge in [-0.2, -0.15) is 0 Å². The number of carbonyl (C=O) groups excluding carboxylic acids is 1. The molecule has 1 unspecified atom stereocenters. The normalized spacial score (nSPS) is 12.3. The van der Waals surface area contributed by atoms with Gasteiger partial charge in [0, 0.05) is 5.02 Å². The van der Waals surface area contributed by atoms with E-state index in [9.17, 15) is 9.18 Å². The van der Waals surface area contributed by atoms with Gasteiger partial charge in [0.15, 0.2) is 0 Å². The van der Waals surface area contributed by atoms with E-state index in [-0.39, 0.29) is 18.3 Å². The fourth-order valence-electron chi connectivity index (χ4n) is 1.31. The minimum absolute atomic E-state index is 0.106. The molecule has 0 aromatic heterocycles. The Balaban J connectivity index is 2.81. The molecule has 1 rings (SSSR count). The van der Waals surface area contributed by atoms with Crippen LogP contribution < -0.4 is 0 Å². The molecule has 2 nitrogen and oxygen atoms in total. The molecule has 0 spiro atoms. The molecule has 0 saturated heterocycles. The summed E-state index contributed by atoms with van der Waals surface area (Å²) in [7, 11) is 1.33. The molecular formula is C11H12ClFO2. The summed E-state index contributed by atoms with van der Waals surface area (Å²) in [4.78, 5) is 11.0. The van der Waals surface area contributed by atoms with Gasteiger partial charge in [-0.25, -0.2) is 4.39 Å². The highest BCUT2D eigenvalue weighted by Crippen LogP contribution is 2.23. The van der Waals surface area contributed by atoms with Gasteiger partial charge >= 0.3 is 5.97 Å². The Bertz CT molecular complexity index is 345. The van der Waals surface area contributed by atoms with Crippen LogP contribution in [0, 0.1) is 5.82 Å². The van der Waals surface area contributed by atoms with E-state index in [0.717, 1.165) is 0 Å². The molecular weight excluding hydrogens is 219 g/mol. The summed E-state index contributed by atoms with van der Waals surface area (Å²) in [6, 6.07) is 4.26. The lowest BCUT2D eigenvalue weighted by Crippen LogP contribution is -2.06. The van der Waals surface area contributed by atoms with Crippen LogP contribution >= 0.6 is 11.6 Å². The number of rotatable bonds is 3. The first-order valence-electron chi connectivity index (χ1n) is 4.55. The molecule has 1 aromatic rings. The van der Waals surface area contributed by atoms with Crippen molar-refractivity contribution in [2.75, 3.05) is 7.11 Å². The van der Waals surface area contributed by atoms with Crippen molar-refractivity contribution in [3.63, 3.8) is 0 Å². The van der Waals surface area contributed by atoms with E-state index in [1.807, 2.05) is 6.92 Å². The van der Waals surface area contributed by atoms with E-state index in [4.69, 9.17) is 11.6 Å². The van der Waals surface area contributed by atoms with Crippen LogP contribution in [0.3, 0.4) is 0 Å². The second kappa shape index (κ2) is 5.12. The van der Waals surface area contributed by atoms with Crippen LogP contribution in [0.4, 0.5) is 4.39 Å². The van der Waals surface area contributed by atoms with Crippen LogP contribution in [0.15, 0.2) is 18.2 Å². The van der Waals surface area contributed by atoms with Crippen molar-refractivity contribution < 1.29 is 13.9 Å². The number of esters is 1. The average molecular weight is 231 g/mol. The first-order chi connectivity index (χ1) is 7.02. The third kappa shape index (κ3) is 3.51. The van der Waals surface area contributed by atoms with E-state index in [0.29, 0.717) is 10.6 Å². The van der Waals surface area contributed by atoms with Crippen LogP contribution in [-0.4, -0.2) is 13.1 Å². The zero-order valence-electron chi connectivity index (χ0n) is 8.59. The summed E-state index contributed by atoms with van der Waals surface area (Å²) in [5, 5.41) is 0.335. The summed E-state index contributed by atoms with van der Waals surface area (Å²) in [5.74, 6) is -0.817. The lowest BCUT2D eigenvalue weighted by molar-refractivity contribution is -0.140. The Morgan fingerprint density at radius 3 is 2.73 bits per heavy atom. The average Bonchev–Trinajstić information content (AvgIpc) is 2.16. The van der Waals surface area contributed by atoms with E-state index in [1.165, 1.54) is 19.2 Å². The molecule has 1 atom stereocenters. The van der Waals surface area contributed by atoms with Crippen LogP contribution in [0.5, 0.6) is 0 Å². The number of carbonyl (C=O) groups is 1. The van der Waals surface area contributed by atoms with Crippen LogP contribution in [0.25, 0.3) is 0 Å². The number of halogens is 2. The Hall–Kier alpha value is -1.09. The summed E-state index contributed by atoms with van der Waals surface area (Å²) in [5.41, 5.74) is 0.699. The van der Waals surface area contributed by atoms with E-state index < -0.39 is 5.82 Å². The number of hydrogen-bond donors (Lipinski definition) is 0.